The van der Waals surface area contributed by atoms with Crippen molar-refractivity contribution in [2.75, 3.05) is 10.6 Å². The summed E-state index contributed by atoms with van der Waals surface area (Å²) in [5.74, 6) is -0.171. The van der Waals surface area contributed by atoms with Gasteiger partial charge in [-0.3, -0.25) is 4.79 Å². The average Bonchev–Trinajstić information content (AvgIpc) is 2.86. The van der Waals surface area contributed by atoms with Gasteiger partial charge in [-0.05, 0) is 67.1 Å². The van der Waals surface area contributed by atoms with Crippen LogP contribution < -0.4 is 10.6 Å². The van der Waals surface area contributed by atoms with E-state index in [1.165, 1.54) is 0 Å². The Morgan fingerprint density at radius 2 is 1.35 bits per heavy atom. The highest BCUT2D eigenvalue weighted by Gasteiger charge is 2.19. The van der Waals surface area contributed by atoms with Crippen LogP contribution in [0.25, 0.3) is 22.2 Å². The third-order valence-corrected chi connectivity index (χ3v) is 5.94. The fourth-order valence-corrected chi connectivity index (χ4v) is 4.13. The number of carbonyl (C=O) groups excluding carboxylic acids is 1. The van der Waals surface area contributed by atoms with Gasteiger partial charge in [0.1, 0.15) is 0 Å². The van der Waals surface area contributed by atoms with Gasteiger partial charge >= 0.3 is 0 Å². The number of aromatic nitrogens is 1. The molecular weight excluding hydrogens is 442 g/mol. The molecule has 5 heteroatoms. The zero-order valence-electron chi connectivity index (χ0n) is 18.5. The van der Waals surface area contributed by atoms with Crippen LogP contribution in [-0.4, -0.2) is 10.9 Å². The summed E-state index contributed by atoms with van der Waals surface area (Å²) < 4.78 is 0. The van der Waals surface area contributed by atoms with Crippen molar-refractivity contribution in [3.8, 4) is 11.3 Å². The summed E-state index contributed by atoms with van der Waals surface area (Å²) in [5.41, 5.74) is 6.55. The summed E-state index contributed by atoms with van der Waals surface area (Å²) in [7, 11) is 0. The Hall–Kier alpha value is -4.15. The molecule has 4 nitrogen and oxygen atoms in total. The van der Waals surface area contributed by atoms with Crippen LogP contribution >= 0.6 is 11.6 Å². The Balaban J connectivity index is 1.47. The molecule has 0 bridgehead atoms. The molecule has 5 rings (SSSR count). The van der Waals surface area contributed by atoms with Gasteiger partial charge in [0.15, 0.2) is 0 Å². The predicted molar refractivity (Wildman–Crippen MR) is 141 cm³/mol. The highest BCUT2D eigenvalue weighted by molar-refractivity contribution is 6.30. The minimum Gasteiger partial charge on any atom is -0.356 e. The largest absolute Gasteiger partial charge is 0.356 e. The summed E-state index contributed by atoms with van der Waals surface area (Å²) >= 11 is 6.07. The molecule has 0 radical (unpaired) electrons. The fourth-order valence-electron chi connectivity index (χ4n) is 4.01. The number of benzene rings is 4. The van der Waals surface area contributed by atoms with Crippen molar-refractivity contribution < 1.29 is 4.79 Å². The molecule has 1 amide bonds. The maximum absolute atomic E-state index is 13.5. The van der Waals surface area contributed by atoms with Crippen molar-refractivity contribution >= 4 is 45.5 Å². The van der Waals surface area contributed by atoms with Gasteiger partial charge in [0.2, 0.25) is 0 Å². The van der Waals surface area contributed by atoms with Crippen molar-refractivity contribution in [2.24, 2.45) is 0 Å². The molecule has 166 valence electrons. The Kier molecular flexibility index (Phi) is 5.98. The molecule has 0 fully saturated rings. The first kappa shape index (κ1) is 21.7. The van der Waals surface area contributed by atoms with Gasteiger partial charge in [-0.25, -0.2) is 4.98 Å². The quantitative estimate of drug-likeness (QED) is 0.279. The molecule has 0 spiro atoms. The SMILES string of the molecule is Cc1c(-c2ccc(Cl)cc2)nc2ccccc2c1C(=O)Nc1ccc(Nc2ccccc2)cc1. The molecule has 34 heavy (non-hydrogen) atoms. The van der Waals surface area contributed by atoms with Gasteiger partial charge in [0, 0.05) is 33.0 Å². The lowest BCUT2D eigenvalue weighted by atomic mass is 9.97. The topological polar surface area (TPSA) is 54.0 Å². The van der Waals surface area contributed by atoms with Crippen molar-refractivity contribution in [1.29, 1.82) is 0 Å². The number of anilines is 3. The lowest BCUT2D eigenvalue weighted by Gasteiger charge is -2.15. The second kappa shape index (κ2) is 9.38. The van der Waals surface area contributed by atoms with Crippen LogP contribution in [0.1, 0.15) is 15.9 Å². The van der Waals surface area contributed by atoms with E-state index >= 15 is 0 Å². The summed E-state index contributed by atoms with van der Waals surface area (Å²) in [6.45, 7) is 1.94. The molecule has 2 N–H and O–H groups in total. The number of carbonyl (C=O) groups is 1. The molecular formula is C29H22ClN3O. The van der Waals surface area contributed by atoms with Crippen LogP contribution in [-0.2, 0) is 0 Å². The number of nitrogens with zero attached hydrogens (tertiary/aromatic N) is 1. The van der Waals surface area contributed by atoms with E-state index in [1.54, 1.807) is 0 Å². The van der Waals surface area contributed by atoms with Gasteiger partial charge in [-0.1, -0.05) is 60.1 Å². The normalized spacial score (nSPS) is 10.8. The predicted octanol–water partition coefficient (Wildman–Crippen LogP) is 7.86. The van der Waals surface area contributed by atoms with Crippen LogP contribution in [0.4, 0.5) is 17.1 Å². The fraction of sp³-hybridized carbons (Fsp3) is 0.0345. The number of hydrogen-bond acceptors (Lipinski definition) is 3. The van der Waals surface area contributed by atoms with Crippen molar-refractivity contribution in [1.82, 2.24) is 4.98 Å². The lowest BCUT2D eigenvalue weighted by Crippen LogP contribution is -2.15. The zero-order chi connectivity index (χ0) is 23.5. The minimum absolute atomic E-state index is 0.171. The van der Waals surface area contributed by atoms with E-state index in [9.17, 15) is 4.79 Å². The number of amides is 1. The zero-order valence-corrected chi connectivity index (χ0v) is 19.3. The van der Waals surface area contributed by atoms with Crippen LogP contribution in [0.2, 0.25) is 5.02 Å². The van der Waals surface area contributed by atoms with Crippen molar-refractivity contribution in [3.63, 3.8) is 0 Å². The Bertz CT molecular complexity index is 1460. The number of rotatable bonds is 5. The lowest BCUT2D eigenvalue weighted by molar-refractivity contribution is 0.102. The molecule has 0 unspecified atom stereocenters. The molecule has 0 saturated heterocycles. The maximum Gasteiger partial charge on any atom is 0.256 e. The Labute approximate surface area is 203 Å². The molecule has 4 aromatic carbocycles. The van der Waals surface area contributed by atoms with Crippen LogP contribution in [0.3, 0.4) is 0 Å². The van der Waals surface area contributed by atoms with E-state index in [2.05, 4.69) is 10.6 Å². The minimum atomic E-state index is -0.171. The molecule has 0 aliphatic rings. The molecule has 0 aliphatic heterocycles. The van der Waals surface area contributed by atoms with Crippen LogP contribution in [0.5, 0.6) is 0 Å². The summed E-state index contributed by atoms with van der Waals surface area (Å²) in [5, 5.41) is 7.88. The molecule has 1 aromatic heterocycles. The van der Waals surface area contributed by atoms with E-state index in [1.807, 2.05) is 110 Å². The summed E-state index contributed by atoms with van der Waals surface area (Å²) in [6, 6.07) is 32.8. The molecule has 0 saturated carbocycles. The van der Waals surface area contributed by atoms with Crippen molar-refractivity contribution in [2.45, 2.75) is 6.92 Å². The maximum atomic E-state index is 13.5. The number of fused-ring (bicyclic) bond motifs is 1. The molecule has 1 heterocycles. The third kappa shape index (κ3) is 4.49. The second-order valence-corrected chi connectivity index (χ2v) is 8.44. The van der Waals surface area contributed by atoms with E-state index in [0.717, 1.165) is 44.8 Å². The average molecular weight is 464 g/mol. The van der Waals surface area contributed by atoms with Gasteiger partial charge in [0.25, 0.3) is 5.91 Å². The smallest absolute Gasteiger partial charge is 0.256 e. The number of pyridine rings is 1. The van der Waals surface area contributed by atoms with Gasteiger partial charge in [0.05, 0.1) is 16.8 Å². The number of para-hydroxylation sites is 2. The third-order valence-electron chi connectivity index (χ3n) is 5.69. The number of halogens is 1. The molecule has 0 atom stereocenters. The first-order valence-electron chi connectivity index (χ1n) is 11.0. The molecule has 5 aromatic rings. The first-order valence-corrected chi connectivity index (χ1v) is 11.3. The Morgan fingerprint density at radius 3 is 2.09 bits per heavy atom. The first-order chi connectivity index (χ1) is 16.6. The summed E-state index contributed by atoms with van der Waals surface area (Å²) in [4.78, 5) is 18.3. The number of nitrogens with one attached hydrogen (secondary N) is 2. The van der Waals surface area contributed by atoms with Gasteiger partial charge in [-0.2, -0.15) is 0 Å². The highest BCUT2D eigenvalue weighted by atomic mass is 35.5. The van der Waals surface area contributed by atoms with Gasteiger partial charge in [-0.15, -0.1) is 0 Å². The van der Waals surface area contributed by atoms with E-state index in [-0.39, 0.29) is 5.91 Å². The Morgan fingerprint density at radius 1 is 0.735 bits per heavy atom. The molecule has 0 aliphatic carbocycles. The van der Waals surface area contributed by atoms with Crippen LogP contribution in [0.15, 0.2) is 103 Å². The standard InChI is InChI=1S/C29H22ClN3O/c1-19-27(25-9-5-6-10-26(25)33-28(19)20-11-13-21(30)14-12-20)29(34)32-24-17-15-23(16-18-24)31-22-7-3-2-4-8-22/h2-18,31H,1H3,(H,32,34). The van der Waals surface area contributed by atoms with Crippen molar-refractivity contribution in [3.05, 3.63) is 119 Å². The van der Waals surface area contributed by atoms with E-state index < -0.39 is 0 Å². The van der Waals surface area contributed by atoms with Gasteiger partial charge < -0.3 is 10.6 Å². The second-order valence-electron chi connectivity index (χ2n) is 8.01. The van der Waals surface area contributed by atoms with E-state index in [0.29, 0.717) is 10.6 Å². The van der Waals surface area contributed by atoms with Crippen LogP contribution in [0, 0.1) is 6.92 Å². The monoisotopic (exact) mass is 463 g/mol. The van der Waals surface area contributed by atoms with E-state index in [4.69, 9.17) is 16.6 Å². The number of hydrogen-bond donors (Lipinski definition) is 2. The summed E-state index contributed by atoms with van der Waals surface area (Å²) in [6.07, 6.45) is 0. The highest BCUT2D eigenvalue weighted by Crippen LogP contribution is 2.31.